The van der Waals surface area contributed by atoms with Crippen LogP contribution in [0.25, 0.3) is 10.8 Å². The summed E-state index contributed by atoms with van der Waals surface area (Å²) in [6, 6.07) is 18.8. The fourth-order valence-electron chi connectivity index (χ4n) is 5.36. The number of piperazine rings is 1. The van der Waals surface area contributed by atoms with Crippen LogP contribution in [-0.4, -0.2) is 50.8 Å². The second-order valence-corrected chi connectivity index (χ2v) is 9.86. The molecule has 0 spiro atoms. The molecule has 2 aromatic carbocycles. The number of aromatic nitrogens is 3. The van der Waals surface area contributed by atoms with E-state index >= 15 is 0 Å². The lowest BCUT2D eigenvalue weighted by Gasteiger charge is -2.41. The number of benzene rings is 2. The summed E-state index contributed by atoms with van der Waals surface area (Å²) in [6.45, 7) is 10.9. The highest BCUT2D eigenvalue weighted by molar-refractivity contribution is 5.87. The van der Waals surface area contributed by atoms with E-state index in [9.17, 15) is 9.59 Å². The van der Waals surface area contributed by atoms with Crippen LogP contribution in [0.15, 0.2) is 65.6 Å². The Morgan fingerprint density at radius 1 is 1.00 bits per heavy atom. The van der Waals surface area contributed by atoms with Gasteiger partial charge in [0.05, 0.1) is 11.6 Å². The van der Waals surface area contributed by atoms with Gasteiger partial charge in [0.2, 0.25) is 5.91 Å². The second-order valence-electron chi connectivity index (χ2n) is 9.86. The predicted molar refractivity (Wildman–Crippen MR) is 144 cm³/mol. The van der Waals surface area contributed by atoms with Crippen LogP contribution in [0, 0.1) is 20.8 Å². The van der Waals surface area contributed by atoms with E-state index in [1.54, 1.807) is 6.20 Å². The van der Waals surface area contributed by atoms with Gasteiger partial charge >= 0.3 is 0 Å². The molecule has 186 valence electrons. The first-order valence-corrected chi connectivity index (χ1v) is 12.5. The van der Waals surface area contributed by atoms with Gasteiger partial charge in [0.25, 0.3) is 5.56 Å². The Morgan fingerprint density at radius 2 is 1.78 bits per heavy atom. The number of amides is 1. The molecular formula is C29H33N5O2. The van der Waals surface area contributed by atoms with Crippen molar-refractivity contribution in [2.45, 2.75) is 46.8 Å². The molecule has 0 N–H and O–H groups in total. The highest BCUT2D eigenvalue weighted by Gasteiger charge is 2.27. The minimum Gasteiger partial charge on any atom is -0.365 e. The van der Waals surface area contributed by atoms with Crippen LogP contribution >= 0.6 is 0 Å². The Labute approximate surface area is 211 Å². The van der Waals surface area contributed by atoms with Crippen molar-refractivity contribution >= 4 is 22.4 Å². The number of fused-ring (bicyclic) bond motifs is 1. The number of carbonyl (C=O) groups excluding carboxylic acids is 1. The first kappa shape index (κ1) is 23.9. The minimum atomic E-state index is -0.209. The average molecular weight is 484 g/mol. The lowest BCUT2D eigenvalue weighted by Crippen LogP contribution is -2.54. The molecule has 36 heavy (non-hydrogen) atoms. The van der Waals surface area contributed by atoms with E-state index in [1.165, 1.54) is 21.5 Å². The molecule has 2 aromatic heterocycles. The highest BCUT2D eigenvalue weighted by atomic mass is 16.2. The Bertz CT molecular complexity index is 1470. The summed E-state index contributed by atoms with van der Waals surface area (Å²) < 4.78 is 3.48. The van der Waals surface area contributed by atoms with Gasteiger partial charge in [-0.05, 0) is 51.0 Å². The Balaban J connectivity index is 1.34. The molecule has 1 aliphatic heterocycles. The van der Waals surface area contributed by atoms with E-state index in [4.69, 9.17) is 0 Å². The van der Waals surface area contributed by atoms with E-state index < -0.39 is 0 Å². The van der Waals surface area contributed by atoms with Crippen molar-refractivity contribution in [3.8, 4) is 0 Å². The van der Waals surface area contributed by atoms with Crippen LogP contribution in [-0.2, 0) is 17.9 Å². The molecule has 3 heterocycles. The fraction of sp³-hybridized carbons (Fsp3) is 0.345. The molecule has 1 amide bonds. The van der Waals surface area contributed by atoms with Crippen molar-refractivity contribution in [1.82, 2.24) is 19.2 Å². The van der Waals surface area contributed by atoms with Crippen molar-refractivity contribution in [2.75, 3.05) is 24.5 Å². The lowest BCUT2D eigenvalue weighted by atomic mass is 10.1. The van der Waals surface area contributed by atoms with Gasteiger partial charge in [-0.2, -0.15) is 5.10 Å². The van der Waals surface area contributed by atoms with Crippen molar-refractivity contribution in [1.29, 1.82) is 0 Å². The van der Waals surface area contributed by atoms with Crippen LogP contribution in [0.2, 0.25) is 0 Å². The lowest BCUT2D eigenvalue weighted by molar-refractivity contribution is -0.132. The number of aryl methyl sites for hydroxylation is 3. The molecule has 1 fully saturated rings. The third-order valence-corrected chi connectivity index (χ3v) is 7.39. The molecule has 4 aromatic rings. The number of nitrogens with zero attached hydrogens (tertiary/aromatic N) is 5. The van der Waals surface area contributed by atoms with E-state index in [0.29, 0.717) is 25.0 Å². The van der Waals surface area contributed by atoms with Gasteiger partial charge in [-0.25, -0.2) is 4.68 Å². The topological polar surface area (TPSA) is 63.4 Å². The van der Waals surface area contributed by atoms with Gasteiger partial charge in [-0.3, -0.25) is 9.59 Å². The van der Waals surface area contributed by atoms with Crippen molar-refractivity contribution in [3.63, 3.8) is 0 Å². The number of hydrogen-bond acceptors (Lipinski definition) is 4. The zero-order chi connectivity index (χ0) is 25.4. The van der Waals surface area contributed by atoms with Crippen LogP contribution in [0.4, 0.5) is 5.69 Å². The smallest absolute Gasteiger partial charge is 0.276 e. The third-order valence-electron chi connectivity index (χ3n) is 7.39. The first-order chi connectivity index (χ1) is 17.3. The van der Waals surface area contributed by atoms with Crippen LogP contribution in [0.3, 0.4) is 0 Å². The maximum Gasteiger partial charge on any atom is 0.276 e. The van der Waals surface area contributed by atoms with Crippen LogP contribution < -0.4 is 10.5 Å². The molecule has 0 unspecified atom stereocenters. The molecule has 0 aliphatic carbocycles. The van der Waals surface area contributed by atoms with Crippen LogP contribution in [0.1, 0.15) is 29.4 Å². The van der Waals surface area contributed by atoms with Gasteiger partial charge in [0, 0.05) is 54.7 Å². The van der Waals surface area contributed by atoms with Crippen molar-refractivity contribution in [3.05, 3.63) is 93.7 Å². The third kappa shape index (κ3) is 4.41. The van der Waals surface area contributed by atoms with E-state index in [0.717, 1.165) is 23.3 Å². The molecule has 5 rings (SSSR count). The van der Waals surface area contributed by atoms with Crippen LogP contribution in [0.5, 0.6) is 0 Å². The molecular weight excluding hydrogens is 450 g/mol. The summed E-state index contributed by atoms with van der Waals surface area (Å²) in [5.74, 6) is -0.0715. The maximum absolute atomic E-state index is 13.4. The normalized spacial score (nSPS) is 16.1. The Kier molecular flexibility index (Phi) is 6.39. The molecule has 1 aliphatic rings. The zero-order valence-corrected chi connectivity index (χ0v) is 21.4. The molecule has 7 heteroatoms. The molecule has 7 nitrogen and oxygen atoms in total. The summed E-state index contributed by atoms with van der Waals surface area (Å²) in [7, 11) is 0. The van der Waals surface area contributed by atoms with Crippen molar-refractivity contribution in [2.24, 2.45) is 0 Å². The van der Waals surface area contributed by atoms with Gasteiger partial charge in [0.1, 0.15) is 6.54 Å². The maximum atomic E-state index is 13.4. The molecule has 0 bridgehead atoms. The number of carbonyl (C=O) groups is 1. The average Bonchev–Trinajstić information content (AvgIpc) is 3.11. The van der Waals surface area contributed by atoms with Crippen molar-refractivity contribution < 1.29 is 4.79 Å². The Morgan fingerprint density at radius 3 is 2.50 bits per heavy atom. The van der Waals surface area contributed by atoms with Gasteiger partial charge < -0.3 is 14.4 Å². The summed E-state index contributed by atoms with van der Waals surface area (Å²) in [4.78, 5) is 30.8. The SMILES string of the molecule is Cc1cccc(N2CCN(C(=O)Cn3ncc4c(C)n(Cc5ccccc5)c(C)c4c3=O)C[C@H]2C)c1. The van der Waals surface area contributed by atoms with E-state index in [2.05, 4.69) is 64.8 Å². The quantitative estimate of drug-likeness (QED) is 0.432. The molecule has 0 radical (unpaired) electrons. The van der Waals surface area contributed by atoms with Gasteiger partial charge in [0.15, 0.2) is 0 Å². The predicted octanol–water partition coefficient (Wildman–Crippen LogP) is 3.91. The first-order valence-electron chi connectivity index (χ1n) is 12.5. The number of hydrogen-bond donors (Lipinski definition) is 0. The monoisotopic (exact) mass is 483 g/mol. The standard InChI is InChI=1S/C29H33N5O2/c1-20-9-8-12-25(15-20)32-14-13-31(17-21(32)2)27(35)19-34-29(36)28-23(4)33(22(3)26(28)16-30-34)18-24-10-6-5-7-11-24/h5-12,15-16,21H,13-14,17-19H2,1-4H3/t21-/m1/s1. The summed E-state index contributed by atoms with van der Waals surface area (Å²) >= 11 is 0. The van der Waals surface area contributed by atoms with E-state index in [1.807, 2.05) is 36.9 Å². The van der Waals surface area contributed by atoms with Gasteiger partial charge in [-0.15, -0.1) is 0 Å². The number of anilines is 1. The van der Waals surface area contributed by atoms with E-state index in [-0.39, 0.29) is 24.1 Å². The second kappa shape index (κ2) is 9.64. The minimum absolute atomic E-state index is 0.0473. The Hall–Kier alpha value is -3.87. The fourth-order valence-corrected chi connectivity index (χ4v) is 5.36. The molecule has 0 saturated carbocycles. The highest BCUT2D eigenvalue weighted by Crippen LogP contribution is 2.24. The summed E-state index contributed by atoms with van der Waals surface area (Å²) in [6.07, 6.45) is 1.73. The summed E-state index contributed by atoms with van der Waals surface area (Å²) in [5.41, 5.74) is 5.29. The zero-order valence-electron chi connectivity index (χ0n) is 21.4. The molecule has 1 saturated heterocycles. The summed E-state index contributed by atoms with van der Waals surface area (Å²) in [5, 5.41) is 5.88. The number of rotatable bonds is 5. The van der Waals surface area contributed by atoms with Gasteiger partial charge in [-0.1, -0.05) is 42.5 Å². The largest absolute Gasteiger partial charge is 0.365 e. The molecule has 1 atom stereocenters.